The summed E-state index contributed by atoms with van der Waals surface area (Å²) in [5.74, 6) is 0.791. The number of hydrogen-bond acceptors (Lipinski definition) is 3. The van der Waals surface area contributed by atoms with Gasteiger partial charge in [0.25, 0.3) is 5.91 Å². The Hall–Kier alpha value is -1.55. The molecular formula is C15H24N2O2. The average Bonchev–Trinajstić information content (AvgIpc) is 2.34. The molecule has 0 atom stereocenters. The van der Waals surface area contributed by atoms with Crippen LogP contribution < -0.4 is 10.5 Å². The van der Waals surface area contributed by atoms with E-state index in [2.05, 4.69) is 19.1 Å². The predicted octanol–water partition coefficient (Wildman–Crippen LogP) is 1.80. The van der Waals surface area contributed by atoms with Gasteiger partial charge >= 0.3 is 0 Å². The van der Waals surface area contributed by atoms with E-state index >= 15 is 0 Å². The fraction of sp³-hybridized carbons (Fsp3) is 0.533. The Kier molecular flexibility index (Phi) is 5.83. The molecule has 19 heavy (non-hydrogen) atoms. The van der Waals surface area contributed by atoms with E-state index in [1.54, 1.807) is 11.9 Å². The van der Waals surface area contributed by atoms with Crippen LogP contribution in [0.3, 0.4) is 0 Å². The normalized spacial score (nSPS) is 10.4. The molecule has 0 aliphatic carbocycles. The summed E-state index contributed by atoms with van der Waals surface area (Å²) < 4.78 is 5.66. The molecule has 106 valence electrons. The molecule has 0 unspecified atom stereocenters. The van der Waals surface area contributed by atoms with Crippen molar-refractivity contribution in [1.82, 2.24) is 4.90 Å². The fourth-order valence-electron chi connectivity index (χ4n) is 2.09. The minimum absolute atomic E-state index is 0.0205. The lowest BCUT2D eigenvalue weighted by atomic mass is 10.1. The van der Waals surface area contributed by atoms with Crippen LogP contribution in [0.1, 0.15) is 23.1 Å². The first kappa shape index (κ1) is 15.5. The van der Waals surface area contributed by atoms with Crippen LogP contribution in [0.25, 0.3) is 0 Å². The summed E-state index contributed by atoms with van der Waals surface area (Å²) in [5, 5.41) is 0. The minimum atomic E-state index is -0.0205. The van der Waals surface area contributed by atoms with E-state index in [4.69, 9.17) is 10.5 Å². The molecule has 1 rings (SSSR count). The van der Waals surface area contributed by atoms with Gasteiger partial charge in [0.1, 0.15) is 5.75 Å². The highest BCUT2D eigenvalue weighted by molar-refractivity contribution is 5.77. The van der Waals surface area contributed by atoms with E-state index in [1.807, 2.05) is 13.8 Å². The van der Waals surface area contributed by atoms with Crippen molar-refractivity contribution >= 4 is 5.91 Å². The number of carbonyl (C=O) groups excluding carboxylic acids is 1. The van der Waals surface area contributed by atoms with Crippen molar-refractivity contribution in [3.8, 4) is 5.75 Å². The Morgan fingerprint density at radius 2 is 1.84 bits per heavy atom. The summed E-state index contributed by atoms with van der Waals surface area (Å²) in [7, 11) is 1.77. The first-order chi connectivity index (χ1) is 8.95. The third-order valence-electron chi connectivity index (χ3n) is 3.07. The molecule has 2 N–H and O–H groups in total. The Morgan fingerprint density at radius 3 is 2.37 bits per heavy atom. The lowest BCUT2D eigenvalue weighted by Crippen LogP contribution is -2.33. The van der Waals surface area contributed by atoms with E-state index in [0.717, 1.165) is 23.3 Å². The Bertz CT molecular complexity index is 421. The number of hydrogen-bond donors (Lipinski definition) is 1. The summed E-state index contributed by atoms with van der Waals surface area (Å²) in [6.45, 7) is 7.39. The SMILES string of the molecule is Cc1cc(C)c(OCC(=O)N(C)CCCN)c(C)c1. The van der Waals surface area contributed by atoms with Gasteiger partial charge in [-0.3, -0.25) is 4.79 Å². The molecule has 0 radical (unpaired) electrons. The second-order valence-corrected chi connectivity index (χ2v) is 4.97. The van der Waals surface area contributed by atoms with Crippen molar-refractivity contribution in [3.05, 3.63) is 28.8 Å². The molecule has 0 bridgehead atoms. The molecule has 4 nitrogen and oxygen atoms in total. The van der Waals surface area contributed by atoms with Crippen LogP contribution in [0.15, 0.2) is 12.1 Å². The number of aryl methyl sites for hydroxylation is 3. The van der Waals surface area contributed by atoms with Gasteiger partial charge in [0, 0.05) is 13.6 Å². The molecule has 0 saturated carbocycles. The summed E-state index contributed by atoms with van der Waals surface area (Å²) >= 11 is 0. The molecule has 0 aliphatic heterocycles. The quantitative estimate of drug-likeness (QED) is 0.852. The standard InChI is InChI=1S/C15H24N2O2/c1-11-8-12(2)15(13(3)9-11)19-10-14(18)17(4)7-5-6-16/h8-9H,5-7,10,16H2,1-4H3. The van der Waals surface area contributed by atoms with Crippen LogP contribution in [0.2, 0.25) is 0 Å². The molecule has 0 saturated heterocycles. The number of ether oxygens (including phenoxy) is 1. The van der Waals surface area contributed by atoms with Crippen LogP contribution in [-0.2, 0) is 4.79 Å². The minimum Gasteiger partial charge on any atom is -0.483 e. The van der Waals surface area contributed by atoms with E-state index in [9.17, 15) is 4.79 Å². The first-order valence-electron chi connectivity index (χ1n) is 6.60. The van der Waals surface area contributed by atoms with Gasteiger partial charge in [0.15, 0.2) is 6.61 Å². The van der Waals surface area contributed by atoms with Crippen molar-refractivity contribution in [1.29, 1.82) is 0 Å². The average molecular weight is 264 g/mol. The highest BCUT2D eigenvalue weighted by Crippen LogP contribution is 2.24. The molecule has 0 fully saturated rings. The molecule has 0 aliphatic rings. The lowest BCUT2D eigenvalue weighted by Gasteiger charge is -2.18. The molecular weight excluding hydrogens is 240 g/mol. The van der Waals surface area contributed by atoms with Crippen molar-refractivity contribution in [2.75, 3.05) is 26.7 Å². The number of benzene rings is 1. The smallest absolute Gasteiger partial charge is 0.260 e. The zero-order chi connectivity index (χ0) is 14.4. The monoisotopic (exact) mass is 264 g/mol. The zero-order valence-electron chi connectivity index (χ0n) is 12.3. The van der Waals surface area contributed by atoms with Crippen LogP contribution in [0, 0.1) is 20.8 Å². The number of rotatable bonds is 6. The summed E-state index contributed by atoms with van der Waals surface area (Å²) in [6.07, 6.45) is 0.810. The Balaban J connectivity index is 2.60. The molecule has 0 heterocycles. The first-order valence-corrected chi connectivity index (χ1v) is 6.60. The van der Waals surface area contributed by atoms with Gasteiger partial charge in [0.2, 0.25) is 0 Å². The second kappa shape index (κ2) is 7.14. The molecule has 1 aromatic carbocycles. The number of likely N-dealkylation sites (N-methyl/N-ethyl adjacent to an activating group) is 1. The highest BCUT2D eigenvalue weighted by Gasteiger charge is 2.11. The van der Waals surface area contributed by atoms with Gasteiger partial charge in [-0.25, -0.2) is 0 Å². The van der Waals surface area contributed by atoms with Gasteiger partial charge in [0.05, 0.1) is 0 Å². The Morgan fingerprint density at radius 1 is 1.26 bits per heavy atom. The molecule has 0 spiro atoms. The maximum Gasteiger partial charge on any atom is 0.260 e. The van der Waals surface area contributed by atoms with Crippen molar-refractivity contribution in [2.45, 2.75) is 27.2 Å². The van der Waals surface area contributed by atoms with Crippen molar-refractivity contribution in [3.63, 3.8) is 0 Å². The third-order valence-corrected chi connectivity index (χ3v) is 3.07. The van der Waals surface area contributed by atoms with Crippen LogP contribution in [0.5, 0.6) is 5.75 Å². The van der Waals surface area contributed by atoms with Crippen molar-refractivity contribution < 1.29 is 9.53 Å². The topological polar surface area (TPSA) is 55.6 Å². The predicted molar refractivity (Wildman–Crippen MR) is 77.5 cm³/mol. The van der Waals surface area contributed by atoms with Gasteiger partial charge in [-0.15, -0.1) is 0 Å². The van der Waals surface area contributed by atoms with E-state index in [1.165, 1.54) is 5.56 Å². The zero-order valence-corrected chi connectivity index (χ0v) is 12.3. The fourth-order valence-corrected chi connectivity index (χ4v) is 2.09. The second-order valence-electron chi connectivity index (χ2n) is 4.97. The lowest BCUT2D eigenvalue weighted by molar-refractivity contribution is -0.132. The van der Waals surface area contributed by atoms with Crippen LogP contribution in [0.4, 0.5) is 0 Å². The van der Waals surface area contributed by atoms with Gasteiger partial charge in [-0.05, 0) is 44.9 Å². The van der Waals surface area contributed by atoms with Gasteiger partial charge in [-0.1, -0.05) is 17.7 Å². The van der Waals surface area contributed by atoms with E-state index in [0.29, 0.717) is 13.1 Å². The van der Waals surface area contributed by atoms with Crippen LogP contribution >= 0.6 is 0 Å². The largest absolute Gasteiger partial charge is 0.483 e. The highest BCUT2D eigenvalue weighted by atomic mass is 16.5. The van der Waals surface area contributed by atoms with Gasteiger partial charge < -0.3 is 15.4 Å². The molecule has 4 heteroatoms. The summed E-state index contributed by atoms with van der Waals surface area (Å²) in [5.41, 5.74) is 8.76. The summed E-state index contributed by atoms with van der Waals surface area (Å²) in [6, 6.07) is 4.12. The number of nitrogens with two attached hydrogens (primary N) is 1. The molecule has 1 aromatic rings. The molecule has 1 amide bonds. The van der Waals surface area contributed by atoms with Gasteiger partial charge in [-0.2, -0.15) is 0 Å². The number of amides is 1. The van der Waals surface area contributed by atoms with E-state index in [-0.39, 0.29) is 12.5 Å². The number of carbonyl (C=O) groups is 1. The maximum absolute atomic E-state index is 11.9. The van der Waals surface area contributed by atoms with Crippen molar-refractivity contribution in [2.24, 2.45) is 5.73 Å². The molecule has 0 aromatic heterocycles. The number of nitrogens with zero attached hydrogens (tertiary/aromatic N) is 1. The van der Waals surface area contributed by atoms with E-state index < -0.39 is 0 Å². The van der Waals surface area contributed by atoms with Crippen LogP contribution in [-0.4, -0.2) is 37.6 Å². The Labute approximate surface area is 115 Å². The maximum atomic E-state index is 11.9. The third kappa shape index (κ3) is 4.56. The summed E-state index contributed by atoms with van der Waals surface area (Å²) in [4.78, 5) is 13.5.